The number of amides is 1. The van der Waals surface area contributed by atoms with Crippen molar-refractivity contribution in [2.24, 2.45) is 5.92 Å². The molecule has 0 saturated heterocycles. The molecule has 0 heterocycles. The fourth-order valence-corrected chi connectivity index (χ4v) is 1.18. The van der Waals surface area contributed by atoms with E-state index in [9.17, 15) is 4.79 Å². The van der Waals surface area contributed by atoms with E-state index >= 15 is 0 Å². The summed E-state index contributed by atoms with van der Waals surface area (Å²) >= 11 is 0. The lowest BCUT2D eigenvalue weighted by Crippen LogP contribution is -2.28. The first-order chi connectivity index (χ1) is 6.57. The van der Waals surface area contributed by atoms with Crippen molar-refractivity contribution in [3.63, 3.8) is 0 Å². The molecule has 0 aliphatic rings. The maximum absolute atomic E-state index is 11.5. The van der Waals surface area contributed by atoms with E-state index in [1.807, 2.05) is 19.0 Å². The number of carbonyl (C=O) groups excluding carboxylic acids is 1. The molecular weight excluding hydrogens is 176 g/mol. The van der Waals surface area contributed by atoms with E-state index in [1.165, 1.54) is 0 Å². The molecule has 0 atom stereocenters. The fourth-order valence-electron chi connectivity index (χ4n) is 1.18. The van der Waals surface area contributed by atoms with Crippen LogP contribution in [0.25, 0.3) is 0 Å². The Kier molecular flexibility index (Phi) is 7.48. The summed E-state index contributed by atoms with van der Waals surface area (Å²) in [4.78, 5) is 13.4. The Morgan fingerprint density at radius 2 is 2.07 bits per heavy atom. The molecule has 0 spiro atoms. The number of carbonyl (C=O) groups is 1. The van der Waals surface area contributed by atoms with E-state index in [2.05, 4.69) is 19.2 Å². The van der Waals surface area contributed by atoms with Crippen LogP contribution in [0.3, 0.4) is 0 Å². The van der Waals surface area contributed by atoms with E-state index in [0.717, 1.165) is 25.9 Å². The quantitative estimate of drug-likeness (QED) is 0.632. The summed E-state index contributed by atoms with van der Waals surface area (Å²) < 4.78 is 0. The van der Waals surface area contributed by atoms with Gasteiger partial charge in [-0.3, -0.25) is 4.79 Å². The van der Waals surface area contributed by atoms with Gasteiger partial charge in [-0.2, -0.15) is 0 Å². The molecule has 3 heteroatoms. The van der Waals surface area contributed by atoms with Crippen LogP contribution >= 0.6 is 0 Å². The van der Waals surface area contributed by atoms with Crippen LogP contribution < -0.4 is 5.32 Å². The summed E-state index contributed by atoms with van der Waals surface area (Å²) in [6.07, 6.45) is 2.69. The van der Waals surface area contributed by atoms with Crippen molar-refractivity contribution >= 4 is 5.91 Å². The Bertz CT molecular complexity index is 157. The summed E-state index contributed by atoms with van der Waals surface area (Å²) in [6.45, 7) is 6.17. The smallest absolute Gasteiger partial charge is 0.222 e. The average Bonchev–Trinajstić information content (AvgIpc) is 2.14. The highest BCUT2D eigenvalue weighted by Gasteiger charge is 2.07. The lowest BCUT2D eigenvalue weighted by Gasteiger charge is -2.18. The highest BCUT2D eigenvalue weighted by atomic mass is 16.2. The monoisotopic (exact) mass is 200 g/mol. The van der Waals surface area contributed by atoms with Gasteiger partial charge in [0, 0.05) is 20.0 Å². The molecule has 0 unspecified atom stereocenters. The van der Waals surface area contributed by atoms with Crippen LogP contribution in [0, 0.1) is 5.92 Å². The summed E-state index contributed by atoms with van der Waals surface area (Å²) in [7, 11) is 3.80. The number of rotatable bonds is 7. The second-order valence-corrected chi connectivity index (χ2v) is 4.20. The summed E-state index contributed by atoms with van der Waals surface area (Å²) in [6, 6.07) is 0. The van der Waals surface area contributed by atoms with Crippen molar-refractivity contribution in [1.29, 1.82) is 0 Å². The Labute approximate surface area is 87.9 Å². The van der Waals surface area contributed by atoms with Crippen LogP contribution in [0.5, 0.6) is 0 Å². The van der Waals surface area contributed by atoms with Crippen LogP contribution in [-0.4, -0.2) is 38.0 Å². The van der Waals surface area contributed by atoms with Crippen molar-refractivity contribution in [3.05, 3.63) is 0 Å². The van der Waals surface area contributed by atoms with Crippen LogP contribution in [0.4, 0.5) is 0 Å². The average molecular weight is 200 g/mol. The third kappa shape index (κ3) is 6.89. The highest BCUT2D eigenvalue weighted by molar-refractivity contribution is 5.75. The minimum atomic E-state index is 0.265. The van der Waals surface area contributed by atoms with Gasteiger partial charge in [0.05, 0.1) is 0 Å². The summed E-state index contributed by atoms with van der Waals surface area (Å²) in [5.74, 6) is 0.934. The van der Waals surface area contributed by atoms with Gasteiger partial charge in [-0.25, -0.2) is 0 Å². The number of hydrogen-bond acceptors (Lipinski definition) is 2. The van der Waals surface area contributed by atoms with Gasteiger partial charge in [0.15, 0.2) is 0 Å². The molecule has 0 aliphatic heterocycles. The molecule has 1 N–H and O–H groups in total. The Morgan fingerprint density at radius 3 is 2.57 bits per heavy atom. The lowest BCUT2D eigenvalue weighted by atomic mass is 10.1. The second-order valence-electron chi connectivity index (χ2n) is 4.20. The van der Waals surface area contributed by atoms with Crippen LogP contribution in [0.15, 0.2) is 0 Å². The van der Waals surface area contributed by atoms with Gasteiger partial charge in [0.2, 0.25) is 5.91 Å². The van der Waals surface area contributed by atoms with Gasteiger partial charge < -0.3 is 10.2 Å². The maximum Gasteiger partial charge on any atom is 0.222 e. The van der Waals surface area contributed by atoms with Crippen molar-refractivity contribution in [2.75, 3.05) is 27.2 Å². The van der Waals surface area contributed by atoms with E-state index in [4.69, 9.17) is 0 Å². The largest absolute Gasteiger partial charge is 0.346 e. The van der Waals surface area contributed by atoms with Gasteiger partial charge in [-0.15, -0.1) is 0 Å². The first kappa shape index (κ1) is 13.4. The normalized spacial score (nSPS) is 10.6. The molecule has 1 amide bonds. The van der Waals surface area contributed by atoms with E-state index in [0.29, 0.717) is 12.3 Å². The number of hydrogen-bond donors (Lipinski definition) is 1. The molecule has 3 nitrogen and oxygen atoms in total. The fraction of sp³-hybridized carbons (Fsp3) is 0.909. The summed E-state index contributed by atoms with van der Waals surface area (Å²) in [5, 5.41) is 3.04. The van der Waals surface area contributed by atoms with Gasteiger partial charge in [-0.1, -0.05) is 13.8 Å². The van der Waals surface area contributed by atoms with Crippen molar-refractivity contribution in [1.82, 2.24) is 10.2 Å². The molecule has 14 heavy (non-hydrogen) atoms. The molecule has 0 bridgehead atoms. The zero-order valence-electron chi connectivity index (χ0n) is 9.97. The topological polar surface area (TPSA) is 32.3 Å². The number of nitrogens with one attached hydrogen (secondary N) is 1. The van der Waals surface area contributed by atoms with E-state index in [-0.39, 0.29) is 5.91 Å². The molecule has 0 radical (unpaired) electrons. The standard InChI is InChI=1S/C11H24N2O/c1-10(2)7-9-13(4)11(14)6-5-8-12-3/h10,12H,5-9H2,1-4H3. The first-order valence-corrected chi connectivity index (χ1v) is 5.46. The molecule has 84 valence electrons. The minimum Gasteiger partial charge on any atom is -0.346 e. The number of nitrogens with zero attached hydrogens (tertiary/aromatic N) is 1. The lowest BCUT2D eigenvalue weighted by molar-refractivity contribution is -0.130. The van der Waals surface area contributed by atoms with Crippen molar-refractivity contribution in [3.8, 4) is 0 Å². The Hall–Kier alpha value is -0.570. The molecule has 0 aromatic rings. The molecule has 0 aromatic heterocycles. The molecule has 0 aliphatic carbocycles. The van der Waals surface area contributed by atoms with Crippen LogP contribution in [-0.2, 0) is 4.79 Å². The zero-order chi connectivity index (χ0) is 11.0. The maximum atomic E-state index is 11.5. The SMILES string of the molecule is CNCCCC(=O)N(C)CCC(C)C. The predicted octanol–water partition coefficient (Wildman–Crippen LogP) is 1.49. The van der Waals surface area contributed by atoms with Gasteiger partial charge >= 0.3 is 0 Å². The van der Waals surface area contributed by atoms with Crippen LogP contribution in [0.2, 0.25) is 0 Å². The second kappa shape index (κ2) is 7.80. The third-order valence-corrected chi connectivity index (χ3v) is 2.29. The van der Waals surface area contributed by atoms with Gasteiger partial charge in [0.25, 0.3) is 0 Å². The predicted molar refractivity (Wildman–Crippen MR) is 60.3 cm³/mol. The Morgan fingerprint density at radius 1 is 1.43 bits per heavy atom. The Balaban J connectivity index is 3.54. The molecule has 0 rings (SSSR count). The van der Waals surface area contributed by atoms with Crippen LogP contribution in [0.1, 0.15) is 33.1 Å². The van der Waals surface area contributed by atoms with Crippen molar-refractivity contribution < 1.29 is 4.79 Å². The molecule has 0 aromatic carbocycles. The molecule has 0 saturated carbocycles. The summed E-state index contributed by atoms with van der Waals surface area (Å²) in [5.41, 5.74) is 0. The molecular formula is C11H24N2O. The first-order valence-electron chi connectivity index (χ1n) is 5.46. The third-order valence-electron chi connectivity index (χ3n) is 2.29. The van der Waals surface area contributed by atoms with Crippen molar-refractivity contribution in [2.45, 2.75) is 33.1 Å². The molecule has 0 fully saturated rings. The van der Waals surface area contributed by atoms with E-state index in [1.54, 1.807) is 0 Å². The van der Waals surface area contributed by atoms with E-state index < -0.39 is 0 Å². The zero-order valence-corrected chi connectivity index (χ0v) is 9.97. The van der Waals surface area contributed by atoms with Gasteiger partial charge in [0.1, 0.15) is 0 Å². The van der Waals surface area contributed by atoms with Gasteiger partial charge in [-0.05, 0) is 32.4 Å². The highest BCUT2D eigenvalue weighted by Crippen LogP contribution is 2.02. The minimum absolute atomic E-state index is 0.265.